The summed E-state index contributed by atoms with van der Waals surface area (Å²) in [6.45, 7) is 6.65. The normalized spacial score (nSPS) is 10.4. The molecule has 0 saturated carbocycles. The fourth-order valence-electron chi connectivity index (χ4n) is 1.89. The molecular weight excluding hydrogens is 225 g/mol. The number of aryl methyl sites for hydroxylation is 3. The molecule has 0 saturated heterocycles. The van der Waals surface area contributed by atoms with Crippen LogP contribution < -0.4 is 5.32 Å². The van der Waals surface area contributed by atoms with Gasteiger partial charge in [0.1, 0.15) is 5.82 Å². The van der Waals surface area contributed by atoms with Gasteiger partial charge in [-0.2, -0.15) is 0 Å². The second kappa shape index (κ2) is 5.21. The monoisotopic (exact) mass is 243 g/mol. The van der Waals surface area contributed by atoms with Crippen molar-refractivity contribution in [1.82, 2.24) is 0 Å². The number of hydrogen-bond donors (Lipinski definition) is 1. The number of anilines is 1. The minimum Gasteiger partial charge on any atom is -0.381 e. The molecule has 0 atom stereocenters. The maximum absolute atomic E-state index is 13.4. The van der Waals surface area contributed by atoms with E-state index in [1.807, 2.05) is 6.07 Å². The van der Waals surface area contributed by atoms with Gasteiger partial charge in [-0.15, -0.1) is 0 Å². The number of rotatable bonds is 3. The van der Waals surface area contributed by atoms with Gasteiger partial charge in [0, 0.05) is 12.2 Å². The summed E-state index contributed by atoms with van der Waals surface area (Å²) >= 11 is 0. The topological polar surface area (TPSA) is 12.0 Å². The Bertz CT molecular complexity index is 561. The highest BCUT2D eigenvalue weighted by molar-refractivity contribution is 5.46. The van der Waals surface area contributed by atoms with Crippen LogP contribution in [0.15, 0.2) is 36.4 Å². The van der Waals surface area contributed by atoms with Crippen LogP contribution in [-0.2, 0) is 6.54 Å². The van der Waals surface area contributed by atoms with Crippen LogP contribution in [0.25, 0.3) is 0 Å². The maximum Gasteiger partial charge on any atom is 0.128 e. The van der Waals surface area contributed by atoms with E-state index >= 15 is 0 Å². The van der Waals surface area contributed by atoms with E-state index in [0.717, 1.165) is 12.2 Å². The van der Waals surface area contributed by atoms with Crippen molar-refractivity contribution in [3.63, 3.8) is 0 Å². The van der Waals surface area contributed by atoms with Gasteiger partial charge in [-0.05, 0) is 49.6 Å². The van der Waals surface area contributed by atoms with Gasteiger partial charge in [-0.25, -0.2) is 4.39 Å². The SMILES string of the molecule is Cc1ccc(C)c(CNc2ccc(C)c(F)c2)c1. The second-order valence-electron chi connectivity index (χ2n) is 4.75. The van der Waals surface area contributed by atoms with Gasteiger partial charge in [-0.3, -0.25) is 0 Å². The Morgan fingerprint density at radius 3 is 2.39 bits per heavy atom. The van der Waals surface area contributed by atoms with Crippen LogP contribution in [-0.4, -0.2) is 0 Å². The van der Waals surface area contributed by atoms with E-state index in [4.69, 9.17) is 0 Å². The lowest BCUT2D eigenvalue weighted by Gasteiger charge is -2.10. The maximum atomic E-state index is 13.4. The molecule has 0 fully saturated rings. The molecule has 1 N–H and O–H groups in total. The Hall–Kier alpha value is -1.83. The van der Waals surface area contributed by atoms with E-state index in [9.17, 15) is 4.39 Å². The van der Waals surface area contributed by atoms with Crippen molar-refractivity contribution in [2.24, 2.45) is 0 Å². The fourth-order valence-corrected chi connectivity index (χ4v) is 1.89. The molecule has 0 aliphatic rings. The Kier molecular flexibility index (Phi) is 3.66. The predicted octanol–water partition coefficient (Wildman–Crippen LogP) is 4.36. The van der Waals surface area contributed by atoms with Gasteiger partial charge in [0.2, 0.25) is 0 Å². The Labute approximate surface area is 108 Å². The lowest BCUT2D eigenvalue weighted by atomic mass is 10.1. The summed E-state index contributed by atoms with van der Waals surface area (Å²) in [5, 5.41) is 3.26. The smallest absolute Gasteiger partial charge is 0.128 e. The average molecular weight is 243 g/mol. The van der Waals surface area contributed by atoms with Crippen LogP contribution in [0.1, 0.15) is 22.3 Å². The van der Waals surface area contributed by atoms with Crippen LogP contribution in [0.3, 0.4) is 0 Å². The van der Waals surface area contributed by atoms with Gasteiger partial charge in [0.25, 0.3) is 0 Å². The summed E-state index contributed by atoms with van der Waals surface area (Å²) in [5.41, 5.74) is 5.23. The molecule has 94 valence electrons. The first kappa shape index (κ1) is 12.6. The number of nitrogens with one attached hydrogen (secondary N) is 1. The first-order chi connectivity index (χ1) is 8.56. The van der Waals surface area contributed by atoms with Crippen LogP contribution in [0.5, 0.6) is 0 Å². The van der Waals surface area contributed by atoms with Gasteiger partial charge >= 0.3 is 0 Å². The summed E-state index contributed by atoms with van der Waals surface area (Å²) < 4.78 is 13.4. The molecule has 0 aliphatic carbocycles. The molecule has 2 aromatic carbocycles. The molecule has 0 aliphatic heterocycles. The van der Waals surface area contributed by atoms with Gasteiger partial charge in [0.15, 0.2) is 0 Å². The first-order valence-electron chi connectivity index (χ1n) is 6.12. The lowest BCUT2D eigenvalue weighted by molar-refractivity contribution is 0.619. The van der Waals surface area contributed by atoms with E-state index in [2.05, 4.69) is 37.4 Å². The molecule has 0 unspecified atom stereocenters. The molecule has 2 aromatic rings. The summed E-state index contributed by atoms with van der Waals surface area (Å²) in [5.74, 6) is -0.166. The van der Waals surface area contributed by atoms with Crippen molar-refractivity contribution in [2.45, 2.75) is 27.3 Å². The molecule has 2 heteroatoms. The third-order valence-electron chi connectivity index (χ3n) is 3.16. The molecule has 1 nitrogen and oxygen atoms in total. The highest BCUT2D eigenvalue weighted by atomic mass is 19.1. The third kappa shape index (κ3) is 2.89. The number of benzene rings is 2. The van der Waals surface area contributed by atoms with E-state index in [1.54, 1.807) is 19.1 Å². The van der Waals surface area contributed by atoms with Crippen molar-refractivity contribution in [1.29, 1.82) is 0 Å². The molecule has 18 heavy (non-hydrogen) atoms. The second-order valence-corrected chi connectivity index (χ2v) is 4.75. The zero-order chi connectivity index (χ0) is 13.1. The molecule has 0 spiro atoms. The van der Waals surface area contributed by atoms with Crippen molar-refractivity contribution in [2.75, 3.05) is 5.32 Å². The molecule has 0 radical (unpaired) electrons. The average Bonchev–Trinajstić information content (AvgIpc) is 2.34. The predicted molar refractivity (Wildman–Crippen MR) is 74.4 cm³/mol. The van der Waals surface area contributed by atoms with Crippen LogP contribution in [0, 0.1) is 26.6 Å². The zero-order valence-corrected chi connectivity index (χ0v) is 11.0. The van der Waals surface area contributed by atoms with Crippen molar-refractivity contribution in [3.8, 4) is 0 Å². The van der Waals surface area contributed by atoms with E-state index in [0.29, 0.717) is 5.56 Å². The fraction of sp³-hybridized carbons (Fsp3) is 0.250. The van der Waals surface area contributed by atoms with Gasteiger partial charge < -0.3 is 5.32 Å². The van der Waals surface area contributed by atoms with Crippen molar-refractivity contribution >= 4 is 5.69 Å². The molecule has 0 aromatic heterocycles. The van der Waals surface area contributed by atoms with Crippen molar-refractivity contribution < 1.29 is 4.39 Å². The minimum absolute atomic E-state index is 0.166. The van der Waals surface area contributed by atoms with Crippen LogP contribution >= 0.6 is 0 Å². The quantitative estimate of drug-likeness (QED) is 0.844. The number of hydrogen-bond acceptors (Lipinski definition) is 1. The summed E-state index contributed by atoms with van der Waals surface area (Å²) in [6.07, 6.45) is 0. The van der Waals surface area contributed by atoms with Crippen LogP contribution in [0.2, 0.25) is 0 Å². The summed E-state index contributed by atoms with van der Waals surface area (Å²) in [4.78, 5) is 0. The molecule has 0 heterocycles. The van der Waals surface area contributed by atoms with Crippen molar-refractivity contribution in [3.05, 3.63) is 64.5 Å². The Morgan fingerprint density at radius 1 is 0.944 bits per heavy atom. The van der Waals surface area contributed by atoms with E-state index in [1.165, 1.54) is 16.7 Å². The number of halogens is 1. The largest absolute Gasteiger partial charge is 0.381 e. The molecular formula is C16H18FN. The summed E-state index contributed by atoms with van der Waals surface area (Å²) in [7, 11) is 0. The zero-order valence-electron chi connectivity index (χ0n) is 11.0. The highest BCUT2D eigenvalue weighted by Crippen LogP contribution is 2.16. The first-order valence-corrected chi connectivity index (χ1v) is 6.12. The standard InChI is InChI=1S/C16H18FN/c1-11-4-5-12(2)14(8-11)10-18-15-7-6-13(3)16(17)9-15/h4-9,18H,10H2,1-3H3. The van der Waals surface area contributed by atoms with E-state index < -0.39 is 0 Å². The Balaban J connectivity index is 2.11. The highest BCUT2D eigenvalue weighted by Gasteiger charge is 2.01. The van der Waals surface area contributed by atoms with Gasteiger partial charge in [-0.1, -0.05) is 29.8 Å². The lowest BCUT2D eigenvalue weighted by Crippen LogP contribution is -2.02. The van der Waals surface area contributed by atoms with Gasteiger partial charge in [0.05, 0.1) is 0 Å². The van der Waals surface area contributed by atoms with E-state index in [-0.39, 0.29) is 5.82 Å². The Morgan fingerprint density at radius 2 is 1.67 bits per heavy atom. The molecule has 0 bridgehead atoms. The minimum atomic E-state index is -0.166. The van der Waals surface area contributed by atoms with Crippen LogP contribution in [0.4, 0.5) is 10.1 Å². The molecule has 2 rings (SSSR count). The molecule has 0 amide bonds. The third-order valence-corrected chi connectivity index (χ3v) is 3.16. The summed E-state index contributed by atoms with van der Waals surface area (Å²) in [6, 6.07) is 11.6.